The third-order valence-corrected chi connectivity index (χ3v) is 4.98. The maximum atomic E-state index is 12.7. The van der Waals surface area contributed by atoms with Crippen molar-refractivity contribution in [1.29, 1.82) is 0 Å². The van der Waals surface area contributed by atoms with Crippen LogP contribution >= 0.6 is 0 Å². The van der Waals surface area contributed by atoms with Crippen molar-refractivity contribution in [3.63, 3.8) is 0 Å². The van der Waals surface area contributed by atoms with Crippen molar-refractivity contribution >= 4 is 17.6 Å². The molecule has 0 unspecified atom stereocenters. The highest BCUT2D eigenvalue weighted by atomic mass is 16.2. The van der Waals surface area contributed by atoms with Gasteiger partial charge < -0.3 is 15.5 Å². The molecule has 0 saturated carbocycles. The van der Waals surface area contributed by atoms with Gasteiger partial charge in [-0.2, -0.15) is 5.10 Å². The molecule has 7 heteroatoms. The van der Waals surface area contributed by atoms with Crippen LogP contribution in [0.25, 0.3) is 0 Å². The number of nitrogens with one attached hydrogen (secondary N) is 2. The van der Waals surface area contributed by atoms with Crippen LogP contribution in [0.15, 0.2) is 35.3 Å². The first-order chi connectivity index (χ1) is 13.6. The van der Waals surface area contributed by atoms with Crippen LogP contribution in [0.5, 0.6) is 0 Å². The molecule has 1 aromatic carbocycles. The molecular formula is C21H30N6O. The maximum absolute atomic E-state index is 12.7. The van der Waals surface area contributed by atoms with Gasteiger partial charge in [-0.25, -0.2) is 0 Å². The number of hydrogen-bond acceptors (Lipinski definition) is 3. The number of carbonyl (C=O) groups is 1. The van der Waals surface area contributed by atoms with Gasteiger partial charge in [-0.15, -0.1) is 0 Å². The molecule has 1 amide bonds. The lowest BCUT2D eigenvalue weighted by Gasteiger charge is -2.29. The van der Waals surface area contributed by atoms with Gasteiger partial charge in [0.1, 0.15) is 0 Å². The molecule has 0 saturated heterocycles. The maximum Gasteiger partial charge on any atom is 0.246 e. The number of carbonyl (C=O) groups excluding carboxylic acids is 1. The second-order valence-electron chi connectivity index (χ2n) is 7.13. The van der Waals surface area contributed by atoms with Gasteiger partial charge >= 0.3 is 0 Å². The SMILES string of the molecule is CN=C(NCCCn1nc(C)cc1C)NCC(=O)N1CCCc2ccccc21. The Morgan fingerprint density at radius 1 is 1.25 bits per heavy atom. The summed E-state index contributed by atoms with van der Waals surface area (Å²) in [5, 5.41) is 10.9. The van der Waals surface area contributed by atoms with E-state index >= 15 is 0 Å². The lowest BCUT2D eigenvalue weighted by molar-refractivity contribution is -0.117. The summed E-state index contributed by atoms with van der Waals surface area (Å²) in [6.45, 7) is 6.69. The fraction of sp³-hybridized carbons (Fsp3) is 0.476. The van der Waals surface area contributed by atoms with Crippen LogP contribution in [0.2, 0.25) is 0 Å². The summed E-state index contributed by atoms with van der Waals surface area (Å²) in [6, 6.07) is 10.2. The summed E-state index contributed by atoms with van der Waals surface area (Å²) < 4.78 is 2.02. The molecule has 0 radical (unpaired) electrons. The Balaban J connectivity index is 1.44. The van der Waals surface area contributed by atoms with Crippen LogP contribution in [0.4, 0.5) is 5.69 Å². The smallest absolute Gasteiger partial charge is 0.246 e. The van der Waals surface area contributed by atoms with E-state index in [1.54, 1.807) is 7.05 Å². The molecule has 2 N–H and O–H groups in total. The number of nitrogens with zero attached hydrogens (tertiary/aromatic N) is 4. The fourth-order valence-electron chi connectivity index (χ4n) is 3.60. The van der Waals surface area contributed by atoms with Crippen LogP contribution in [0, 0.1) is 13.8 Å². The minimum absolute atomic E-state index is 0.0674. The van der Waals surface area contributed by atoms with Crippen LogP contribution < -0.4 is 15.5 Å². The molecule has 28 heavy (non-hydrogen) atoms. The number of para-hydroxylation sites is 1. The van der Waals surface area contributed by atoms with Gasteiger partial charge in [-0.1, -0.05) is 18.2 Å². The quantitative estimate of drug-likeness (QED) is 0.455. The number of aromatic nitrogens is 2. The Labute approximate surface area is 166 Å². The molecule has 0 bridgehead atoms. The number of rotatable bonds is 6. The number of aliphatic imine (C=N–C) groups is 1. The highest BCUT2D eigenvalue weighted by Crippen LogP contribution is 2.26. The zero-order chi connectivity index (χ0) is 19.9. The van der Waals surface area contributed by atoms with Crippen molar-refractivity contribution < 1.29 is 4.79 Å². The molecule has 0 atom stereocenters. The van der Waals surface area contributed by atoms with Crippen LogP contribution in [0.3, 0.4) is 0 Å². The summed E-state index contributed by atoms with van der Waals surface area (Å²) in [5.41, 5.74) is 4.50. The largest absolute Gasteiger partial charge is 0.356 e. The summed E-state index contributed by atoms with van der Waals surface area (Å²) in [4.78, 5) is 18.8. The van der Waals surface area contributed by atoms with Gasteiger partial charge in [0.25, 0.3) is 0 Å². The highest BCUT2D eigenvalue weighted by Gasteiger charge is 2.21. The third kappa shape index (κ3) is 4.91. The zero-order valence-corrected chi connectivity index (χ0v) is 17.0. The van der Waals surface area contributed by atoms with E-state index in [1.165, 1.54) is 11.3 Å². The molecule has 3 rings (SSSR count). The molecule has 2 heterocycles. The Morgan fingerprint density at radius 3 is 2.82 bits per heavy atom. The predicted molar refractivity (Wildman–Crippen MR) is 113 cm³/mol. The summed E-state index contributed by atoms with van der Waals surface area (Å²) in [5.74, 6) is 0.713. The van der Waals surface area contributed by atoms with Gasteiger partial charge in [-0.3, -0.25) is 14.5 Å². The molecular weight excluding hydrogens is 352 g/mol. The molecule has 1 aliphatic heterocycles. The van der Waals surface area contributed by atoms with Crippen LogP contribution in [0.1, 0.15) is 29.8 Å². The summed E-state index contributed by atoms with van der Waals surface area (Å²) in [6.07, 6.45) is 2.96. The van der Waals surface area contributed by atoms with E-state index < -0.39 is 0 Å². The number of hydrogen-bond donors (Lipinski definition) is 2. The summed E-state index contributed by atoms with van der Waals surface area (Å²) >= 11 is 0. The number of aryl methyl sites for hydroxylation is 4. The van der Waals surface area contributed by atoms with E-state index in [0.29, 0.717) is 5.96 Å². The monoisotopic (exact) mass is 382 g/mol. The van der Waals surface area contributed by atoms with Gasteiger partial charge in [0, 0.05) is 38.1 Å². The minimum atomic E-state index is 0.0674. The van der Waals surface area contributed by atoms with E-state index in [4.69, 9.17) is 0 Å². The van der Waals surface area contributed by atoms with Crippen molar-refractivity contribution in [3.8, 4) is 0 Å². The molecule has 1 aliphatic rings. The van der Waals surface area contributed by atoms with E-state index in [1.807, 2.05) is 34.7 Å². The van der Waals surface area contributed by atoms with E-state index in [0.717, 1.165) is 50.3 Å². The second kappa shape index (κ2) is 9.39. The Hall–Kier alpha value is -2.83. The highest BCUT2D eigenvalue weighted by molar-refractivity contribution is 5.98. The molecule has 7 nitrogen and oxygen atoms in total. The van der Waals surface area contributed by atoms with Crippen molar-refractivity contribution in [2.24, 2.45) is 4.99 Å². The lowest BCUT2D eigenvalue weighted by atomic mass is 10.0. The van der Waals surface area contributed by atoms with E-state index in [-0.39, 0.29) is 12.5 Å². The Bertz CT molecular complexity index is 841. The Kier molecular flexibility index (Phi) is 6.68. The average Bonchev–Trinajstić information content (AvgIpc) is 3.03. The third-order valence-electron chi connectivity index (χ3n) is 4.98. The Morgan fingerprint density at radius 2 is 2.07 bits per heavy atom. The molecule has 1 aromatic heterocycles. The van der Waals surface area contributed by atoms with Crippen LogP contribution in [-0.4, -0.2) is 48.3 Å². The number of fused-ring (bicyclic) bond motifs is 1. The molecule has 2 aromatic rings. The number of guanidine groups is 1. The average molecular weight is 383 g/mol. The lowest BCUT2D eigenvalue weighted by Crippen LogP contribution is -2.46. The number of amides is 1. The molecule has 0 fully saturated rings. The van der Waals surface area contributed by atoms with Gasteiger partial charge in [0.2, 0.25) is 5.91 Å². The van der Waals surface area contributed by atoms with Gasteiger partial charge in [-0.05, 0) is 50.8 Å². The van der Waals surface area contributed by atoms with E-state index in [9.17, 15) is 4.79 Å². The molecule has 150 valence electrons. The molecule has 0 spiro atoms. The van der Waals surface area contributed by atoms with Gasteiger partial charge in [0.15, 0.2) is 5.96 Å². The number of benzene rings is 1. The zero-order valence-electron chi connectivity index (χ0n) is 17.0. The first kappa shape index (κ1) is 19.9. The van der Waals surface area contributed by atoms with E-state index in [2.05, 4.69) is 39.8 Å². The first-order valence-electron chi connectivity index (χ1n) is 9.92. The predicted octanol–water partition coefficient (Wildman–Crippen LogP) is 2.03. The molecule has 0 aliphatic carbocycles. The van der Waals surface area contributed by atoms with Crippen molar-refractivity contribution in [2.75, 3.05) is 31.6 Å². The summed E-state index contributed by atoms with van der Waals surface area (Å²) in [7, 11) is 1.72. The fourth-order valence-corrected chi connectivity index (χ4v) is 3.60. The number of anilines is 1. The second-order valence-corrected chi connectivity index (χ2v) is 7.13. The van der Waals surface area contributed by atoms with Crippen molar-refractivity contribution in [3.05, 3.63) is 47.3 Å². The van der Waals surface area contributed by atoms with Crippen LogP contribution in [-0.2, 0) is 17.8 Å². The van der Waals surface area contributed by atoms with Crippen molar-refractivity contribution in [1.82, 2.24) is 20.4 Å². The van der Waals surface area contributed by atoms with Gasteiger partial charge in [0.05, 0.1) is 12.2 Å². The first-order valence-corrected chi connectivity index (χ1v) is 9.92. The topological polar surface area (TPSA) is 74.5 Å². The standard InChI is InChI=1S/C21H30N6O/c1-16-14-17(2)27(25-16)13-7-11-23-21(22-3)24-15-20(28)26-12-6-9-18-8-4-5-10-19(18)26/h4-5,8,10,14H,6-7,9,11-13,15H2,1-3H3,(H2,22,23,24). The normalized spacial score (nSPS) is 14.0. The van der Waals surface area contributed by atoms with Crippen molar-refractivity contribution in [2.45, 2.75) is 39.7 Å². The minimum Gasteiger partial charge on any atom is -0.356 e.